The quantitative estimate of drug-likeness (QED) is 0.532. The van der Waals surface area contributed by atoms with Gasteiger partial charge in [0.1, 0.15) is 0 Å². The van der Waals surface area contributed by atoms with Gasteiger partial charge < -0.3 is 0 Å². The first-order chi connectivity index (χ1) is 5.34. The van der Waals surface area contributed by atoms with Crippen molar-refractivity contribution < 1.29 is 0 Å². The Morgan fingerprint density at radius 3 is 3.00 bits per heavy atom. The van der Waals surface area contributed by atoms with E-state index in [-0.39, 0.29) is 0 Å². The second-order valence-electron chi connectivity index (χ2n) is 3.31. The van der Waals surface area contributed by atoms with E-state index in [1.165, 1.54) is 32.1 Å². The molecule has 0 radical (unpaired) electrons. The molecule has 1 aliphatic carbocycles. The van der Waals surface area contributed by atoms with Gasteiger partial charge in [0.25, 0.3) is 0 Å². The molecule has 0 aromatic carbocycles. The molecule has 0 amide bonds. The van der Waals surface area contributed by atoms with Crippen LogP contribution in [0.1, 0.15) is 46.0 Å². The van der Waals surface area contributed by atoms with Gasteiger partial charge in [-0.25, -0.2) is 0 Å². The minimum atomic E-state index is 1.21. The maximum Gasteiger partial charge on any atom is -0.0279 e. The molecule has 0 saturated heterocycles. The third-order valence-electron chi connectivity index (χ3n) is 2.46. The van der Waals surface area contributed by atoms with Crippen LogP contribution in [0.3, 0.4) is 0 Å². The Morgan fingerprint density at radius 1 is 1.45 bits per heavy atom. The normalized spacial score (nSPS) is 23.1. The Balaban J connectivity index is 2.68. The maximum absolute atomic E-state index is 2.33. The molecule has 0 heterocycles. The molecular weight excluding hydrogens is 132 g/mol. The lowest BCUT2D eigenvalue weighted by Crippen LogP contribution is -1.83. The highest BCUT2D eigenvalue weighted by molar-refractivity contribution is 5.25. The monoisotopic (exact) mass is 150 g/mol. The van der Waals surface area contributed by atoms with Crippen LogP contribution in [0.4, 0.5) is 0 Å². The van der Waals surface area contributed by atoms with Crippen molar-refractivity contribution in [3.63, 3.8) is 0 Å². The maximum atomic E-state index is 2.33. The highest BCUT2D eigenvalue weighted by atomic mass is 14.1. The topological polar surface area (TPSA) is 0 Å². The summed E-state index contributed by atoms with van der Waals surface area (Å²) in [6.07, 6.45) is 11.2. The fourth-order valence-electron chi connectivity index (χ4n) is 1.47. The first-order valence-electron chi connectivity index (χ1n) is 4.69. The smallest absolute Gasteiger partial charge is 0.0279 e. The first-order valence-corrected chi connectivity index (χ1v) is 4.69. The van der Waals surface area contributed by atoms with Crippen LogP contribution in [-0.2, 0) is 0 Å². The summed E-state index contributed by atoms with van der Waals surface area (Å²) < 4.78 is 0. The minimum absolute atomic E-state index is 1.21. The van der Waals surface area contributed by atoms with Crippen LogP contribution in [0.25, 0.3) is 0 Å². The zero-order chi connectivity index (χ0) is 8.10. The van der Waals surface area contributed by atoms with Gasteiger partial charge in [0.05, 0.1) is 0 Å². The van der Waals surface area contributed by atoms with Crippen LogP contribution in [0, 0.1) is 0 Å². The lowest BCUT2D eigenvalue weighted by Gasteiger charge is -2.03. The Morgan fingerprint density at radius 2 is 2.27 bits per heavy atom. The van der Waals surface area contributed by atoms with E-state index in [1.54, 1.807) is 11.1 Å². The molecule has 0 aromatic rings. The van der Waals surface area contributed by atoms with Gasteiger partial charge in [-0.1, -0.05) is 24.6 Å². The summed E-state index contributed by atoms with van der Waals surface area (Å²) in [4.78, 5) is 0. The summed E-state index contributed by atoms with van der Waals surface area (Å²) in [6, 6.07) is 0. The van der Waals surface area contributed by atoms with Crippen LogP contribution < -0.4 is 0 Å². The standard InChI is InChI=1S/C11H18/c1-3-10(2)11-8-6-4-5-7-9-11/h6,8H,3-5,7,9H2,1-2H3/b11-10-. The molecule has 0 spiro atoms. The molecule has 0 unspecified atom stereocenters. The van der Waals surface area contributed by atoms with Gasteiger partial charge in [-0.3, -0.25) is 0 Å². The number of rotatable bonds is 1. The molecule has 0 aliphatic heterocycles. The molecule has 0 saturated carbocycles. The molecule has 0 nitrogen and oxygen atoms in total. The summed E-state index contributed by atoms with van der Waals surface area (Å²) in [5, 5.41) is 0. The Hall–Kier alpha value is -0.520. The average molecular weight is 150 g/mol. The molecule has 0 aromatic heterocycles. The van der Waals surface area contributed by atoms with Gasteiger partial charge in [0, 0.05) is 0 Å². The number of allylic oxidation sites excluding steroid dienone is 4. The SMILES string of the molecule is CC/C(C)=C1/C=CCCCC1. The summed E-state index contributed by atoms with van der Waals surface area (Å²) in [6.45, 7) is 4.49. The van der Waals surface area contributed by atoms with Crippen molar-refractivity contribution >= 4 is 0 Å². The van der Waals surface area contributed by atoms with Crippen LogP contribution >= 0.6 is 0 Å². The fourth-order valence-corrected chi connectivity index (χ4v) is 1.47. The second-order valence-corrected chi connectivity index (χ2v) is 3.31. The zero-order valence-corrected chi connectivity index (χ0v) is 7.69. The van der Waals surface area contributed by atoms with Crippen molar-refractivity contribution in [2.24, 2.45) is 0 Å². The third-order valence-corrected chi connectivity index (χ3v) is 2.46. The molecule has 0 atom stereocenters. The van der Waals surface area contributed by atoms with E-state index >= 15 is 0 Å². The van der Waals surface area contributed by atoms with Crippen molar-refractivity contribution in [2.75, 3.05) is 0 Å². The fraction of sp³-hybridized carbons (Fsp3) is 0.636. The highest BCUT2D eigenvalue weighted by Gasteiger charge is 2.00. The van der Waals surface area contributed by atoms with Gasteiger partial charge >= 0.3 is 0 Å². The van der Waals surface area contributed by atoms with Crippen molar-refractivity contribution in [1.29, 1.82) is 0 Å². The van der Waals surface area contributed by atoms with Crippen molar-refractivity contribution in [1.82, 2.24) is 0 Å². The van der Waals surface area contributed by atoms with Gasteiger partial charge in [0.2, 0.25) is 0 Å². The largest absolute Gasteiger partial charge is 0.0843 e. The van der Waals surface area contributed by atoms with E-state index in [0.29, 0.717) is 0 Å². The van der Waals surface area contributed by atoms with E-state index < -0.39 is 0 Å². The predicted octanol–water partition coefficient (Wildman–Crippen LogP) is 3.84. The van der Waals surface area contributed by atoms with Crippen LogP contribution in [-0.4, -0.2) is 0 Å². The minimum Gasteiger partial charge on any atom is -0.0843 e. The van der Waals surface area contributed by atoms with Crippen LogP contribution in [0.5, 0.6) is 0 Å². The molecule has 1 rings (SSSR count). The molecule has 0 bridgehead atoms. The predicted molar refractivity (Wildman–Crippen MR) is 50.6 cm³/mol. The second kappa shape index (κ2) is 4.38. The molecular formula is C11H18. The van der Waals surface area contributed by atoms with E-state index in [1.807, 2.05) is 0 Å². The van der Waals surface area contributed by atoms with E-state index in [9.17, 15) is 0 Å². The Kier molecular flexibility index (Phi) is 3.41. The van der Waals surface area contributed by atoms with Gasteiger partial charge in [-0.05, 0) is 44.6 Å². The first kappa shape index (κ1) is 8.58. The third kappa shape index (κ3) is 2.53. The van der Waals surface area contributed by atoms with Gasteiger partial charge in [-0.15, -0.1) is 0 Å². The summed E-state index contributed by atoms with van der Waals surface area (Å²) >= 11 is 0. The number of hydrogen-bond donors (Lipinski definition) is 0. The van der Waals surface area contributed by atoms with Crippen molar-refractivity contribution in [2.45, 2.75) is 46.0 Å². The van der Waals surface area contributed by atoms with Crippen molar-refractivity contribution in [3.05, 3.63) is 23.3 Å². The van der Waals surface area contributed by atoms with E-state index in [4.69, 9.17) is 0 Å². The molecule has 11 heavy (non-hydrogen) atoms. The molecule has 0 heteroatoms. The lowest BCUT2D eigenvalue weighted by atomic mass is 10.0. The Labute approximate surface area is 70.0 Å². The van der Waals surface area contributed by atoms with Crippen LogP contribution in [0.2, 0.25) is 0 Å². The summed E-state index contributed by atoms with van der Waals surface area (Å²) in [5.74, 6) is 0. The van der Waals surface area contributed by atoms with Crippen LogP contribution in [0.15, 0.2) is 23.3 Å². The lowest BCUT2D eigenvalue weighted by molar-refractivity contribution is 0.759. The molecule has 0 fully saturated rings. The molecule has 1 aliphatic rings. The summed E-state index contributed by atoms with van der Waals surface area (Å²) in [7, 11) is 0. The molecule has 0 N–H and O–H groups in total. The van der Waals surface area contributed by atoms with Crippen molar-refractivity contribution in [3.8, 4) is 0 Å². The Bertz CT molecular complexity index is 172. The highest BCUT2D eigenvalue weighted by Crippen LogP contribution is 2.20. The van der Waals surface area contributed by atoms with Gasteiger partial charge in [0.15, 0.2) is 0 Å². The van der Waals surface area contributed by atoms with E-state index in [2.05, 4.69) is 26.0 Å². The average Bonchev–Trinajstić information content (AvgIpc) is 2.30. The zero-order valence-electron chi connectivity index (χ0n) is 7.69. The number of hydrogen-bond acceptors (Lipinski definition) is 0. The molecule has 62 valence electrons. The summed E-state index contributed by atoms with van der Waals surface area (Å²) in [5.41, 5.74) is 3.16. The van der Waals surface area contributed by atoms with Gasteiger partial charge in [-0.2, -0.15) is 0 Å². The van der Waals surface area contributed by atoms with E-state index in [0.717, 1.165) is 0 Å².